The smallest absolute Gasteiger partial charge is 0.326 e. The topological polar surface area (TPSA) is 99.1 Å². The van der Waals surface area contributed by atoms with Gasteiger partial charge >= 0.3 is 12.0 Å². The van der Waals surface area contributed by atoms with E-state index in [2.05, 4.69) is 5.32 Å². The molecule has 1 aromatic carbocycles. The summed E-state index contributed by atoms with van der Waals surface area (Å²) in [6.45, 7) is -0.324. The highest BCUT2D eigenvalue weighted by Crippen LogP contribution is 2.26. The maximum atomic E-state index is 12.0. The van der Waals surface area contributed by atoms with Crippen LogP contribution < -0.4 is 15.0 Å². The Morgan fingerprint density at radius 2 is 2.05 bits per heavy atom. The second-order valence-corrected chi connectivity index (χ2v) is 4.08. The van der Waals surface area contributed by atoms with Crippen LogP contribution in [0.25, 0.3) is 0 Å². The SMILES string of the molecule is COc1ccccc1N(C)C(=O)N[C@H](CCO)C(=O)O. The summed E-state index contributed by atoms with van der Waals surface area (Å²) in [5, 5.41) is 20.1. The van der Waals surface area contributed by atoms with Crippen molar-refractivity contribution in [3.8, 4) is 5.75 Å². The van der Waals surface area contributed by atoms with Crippen LogP contribution in [0.5, 0.6) is 5.75 Å². The molecule has 0 aromatic heterocycles. The molecule has 1 atom stereocenters. The van der Waals surface area contributed by atoms with Crippen LogP contribution in [0.1, 0.15) is 6.42 Å². The fraction of sp³-hybridized carbons (Fsp3) is 0.385. The van der Waals surface area contributed by atoms with Crippen LogP contribution in [-0.2, 0) is 4.79 Å². The lowest BCUT2D eigenvalue weighted by Crippen LogP contribution is -2.47. The highest BCUT2D eigenvalue weighted by Gasteiger charge is 2.22. The van der Waals surface area contributed by atoms with Crippen LogP contribution in [0.3, 0.4) is 0 Å². The molecule has 0 radical (unpaired) electrons. The number of aliphatic hydroxyl groups is 1. The Hall–Kier alpha value is -2.28. The zero-order valence-electron chi connectivity index (χ0n) is 11.4. The lowest BCUT2D eigenvalue weighted by atomic mass is 10.2. The fourth-order valence-corrected chi connectivity index (χ4v) is 1.65. The quantitative estimate of drug-likeness (QED) is 0.712. The first-order valence-electron chi connectivity index (χ1n) is 6.02. The summed E-state index contributed by atoms with van der Waals surface area (Å²) >= 11 is 0. The molecule has 20 heavy (non-hydrogen) atoms. The Labute approximate surface area is 116 Å². The molecular weight excluding hydrogens is 264 g/mol. The molecule has 0 spiro atoms. The number of aliphatic carboxylic acids is 1. The molecule has 2 amide bonds. The first-order valence-corrected chi connectivity index (χ1v) is 6.02. The van der Waals surface area contributed by atoms with Gasteiger partial charge in [0.1, 0.15) is 11.8 Å². The van der Waals surface area contributed by atoms with E-state index in [9.17, 15) is 9.59 Å². The molecule has 0 bridgehead atoms. The van der Waals surface area contributed by atoms with E-state index < -0.39 is 18.0 Å². The van der Waals surface area contributed by atoms with E-state index in [0.717, 1.165) is 0 Å². The molecule has 0 saturated heterocycles. The number of carboxylic acids is 1. The lowest BCUT2D eigenvalue weighted by molar-refractivity contribution is -0.139. The zero-order chi connectivity index (χ0) is 15.1. The normalized spacial score (nSPS) is 11.6. The standard InChI is InChI=1S/C13H18N2O5/c1-15(10-5-3-4-6-11(10)20-2)13(19)14-9(7-8-16)12(17)18/h3-6,9,16H,7-8H2,1-2H3,(H,14,19)(H,17,18)/t9-/m1/s1. The van der Waals surface area contributed by atoms with Crippen molar-refractivity contribution in [3.05, 3.63) is 24.3 Å². The first-order chi connectivity index (χ1) is 9.51. The fourth-order valence-electron chi connectivity index (χ4n) is 1.65. The summed E-state index contributed by atoms with van der Waals surface area (Å²) in [7, 11) is 2.99. The third kappa shape index (κ3) is 3.86. The van der Waals surface area contributed by atoms with Gasteiger partial charge in [-0.1, -0.05) is 12.1 Å². The van der Waals surface area contributed by atoms with Gasteiger partial charge in [-0.3, -0.25) is 4.90 Å². The number of aliphatic hydroxyl groups excluding tert-OH is 1. The van der Waals surface area contributed by atoms with Gasteiger partial charge in [-0.05, 0) is 12.1 Å². The summed E-state index contributed by atoms with van der Waals surface area (Å²) in [4.78, 5) is 24.2. The van der Waals surface area contributed by atoms with E-state index in [1.807, 2.05) is 0 Å². The molecule has 3 N–H and O–H groups in total. The summed E-state index contributed by atoms with van der Waals surface area (Å²) in [5.41, 5.74) is 0.514. The zero-order valence-corrected chi connectivity index (χ0v) is 11.4. The predicted octanol–water partition coefficient (Wildman–Crippen LogP) is 0.677. The number of methoxy groups -OCH3 is 1. The lowest BCUT2D eigenvalue weighted by Gasteiger charge is -2.22. The molecule has 7 nitrogen and oxygen atoms in total. The highest BCUT2D eigenvalue weighted by molar-refractivity contribution is 5.95. The summed E-state index contributed by atoms with van der Waals surface area (Å²) in [5.74, 6) is -0.694. The number of carbonyl (C=O) groups excluding carboxylic acids is 1. The van der Waals surface area contributed by atoms with Gasteiger partial charge in [0.05, 0.1) is 12.8 Å². The molecule has 7 heteroatoms. The van der Waals surface area contributed by atoms with Gasteiger partial charge < -0.3 is 20.3 Å². The second-order valence-electron chi connectivity index (χ2n) is 4.08. The van der Waals surface area contributed by atoms with Crippen LogP contribution in [0.4, 0.5) is 10.5 Å². The van der Waals surface area contributed by atoms with Crippen molar-refractivity contribution in [1.29, 1.82) is 0 Å². The summed E-state index contributed by atoms with van der Waals surface area (Å²) in [6.07, 6.45) is -0.0547. The minimum atomic E-state index is -1.19. The van der Waals surface area contributed by atoms with Gasteiger partial charge in [0.15, 0.2) is 0 Å². The minimum absolute atomic E-state index is 0.0547. The molecule has 0 aliphatic rings. The van der Waals surface area contributed by atoms with Crippen molar-refractivity contribution >= 4 is 17.7 Å². The molecule has 0 heterocycles. The van der Waals surface area contributed by atoms with E-state index in [4.69, 9.17) is 14.9 Å². The minimum Gasteiger partial charge on any atom is -0.495 e. The maximum absolute atomic E-state index is 12.0. The van der Waals surface area contributed by atoms with Crippen molar-refractivity contribution in [2.24, 2.45) is 0 Å². The number of nitrogens with one attached hydrogen (secondary N) is 1. The third-order valence-corrected chi connectivity index (χ3v) is 2.76. The number of rotatable bonds is 6. The van der Waals surface area contributed by atoms with Crippen molar-refractivity contribution in [2.45, 2.75) is 12.5 Å². The second kappa shape index (κ2) is 7.34. The van der Waals surface area contributed by atoms with E-state index >= 15 is 0 Å². The number of benzene rings is 1. The van der Waals surface area contributed by atoms with Crippen LogP contribution in [-0.4, -0.2) is 49.0 Å². The molecule has 1 aromatic rings. The summed E-state index contributed by atoms with van der Waals surface area (Å²) in [6, 6.07) is 5.16. The summed E-state index contributed by atoms with van der Waals surface area (Å²) < 4.78 is 5.14. The van der Waals surface area contributed by atoms with E-state index in [1.165, 1.54) is 19.1 Å². The largest absolute Gasteiger partial charge is 0.495 e. The van der Waals surface area contributed by atoms with Gasteiger partial charge in [0.2, 0.25) is 0 Å². The number of nitrogens with zero attached hydrogens (tertiary/aromatic N) is 1. The molecule has 0 unspecified atom stereocenters. The number of urea groups is 1. The van der Waals surface area contributed by atoms with Gasteiger partial charge in [0, 0.05) is 20.1 Å². The molecule has 0 aliphatic heterocycles. The van der Waals surface area contributed by atoms with Gasteiger partial charge in [-0.25, -0.2) is 9.59 Å². The van der Waals surface area contributed by atoms with E-state index in [1.54, 1.807) is 24.3 Å². The van der Waals surface area contributed by atoms with E-state index in [0.29, 0.717) is 11.4 Å². The predicted molar refractivity (Wildman–Crippen MR) is 73.1 cm³/mol. The van der Waals surface area contributed by atoms with Crippen LogP contribution >= 0.6 is 0 Å². The highest BCUT2D eigenvalue weighted by atomic mass is 16.5. The Morgan fingerprint density at radius 1 is 1.40 bits per heavy atom. The monoisotopic (exact) mass is 282 g/mol. The van der Waals surface area contributed by atoms with Crippen molar-refractivity contribution in [1.82, 2.24) is 5.32 Å². The van der Waals surface area contributed by atoms with Crippen LogP contribution in [0.2, 0.25) is 0 Å². The number of anilines is 1. The molecule has 0 fully saturated rings. The first kappa shape index (κ1) is 15.8. The molecule has 1 rings (SSSR count). The Balaban J connectivity index is 2.83. The number of ether oxygens (including phenoxy) is 1. The molecule has 0 saturated carbocycles. The Morgan fingerprint density at radius 3 is 2.60 bits per heavy atom. The van der Waals surface area contributed by atoms with Gasteiger partial charge in [0.25, 0.3) is 0 Å². The third-order valence-electron chi connectivity index (χ3n) is 2.76. The van der Waals surface area contributed by atoms with Gasteiger partial charge in [-0.15, -0.1) is 0 Å². The number of carbonyl (C=O) groups is 2. The number of para-hydroxylation sites is 2. The van der Waals surface area contributed by atoms with Crippen molar-refractivity contribution in [2.75, 3.05) is 25.7 Å². The van der Waals surface area contributed by atoms with Crippen molar-refractivity contribution in [3.63, 3.8) is 0 Å². The average Bonchev–Trinajstić information content (AvgIpc) is 2.45. The molecule has 110 valence electrons. The average molecular weight is 282 g/mol. The van der Waals surface area contributed by atoms with Crippen LogP contribution in [0, 0.1) is 0 Å². The maximum Gasteiger partial charge on any atom is 0.326 e. The van der Waals surface area contributed by atoms with Crippen molar-refractivity contribution < 1.29 is 24.5 Å². The number of hydrogen-bond donors (Lipinski definition) is 3. The number of amides is 2. The van der Waals surface area contributed by atoms with Crippen LogP contribution in [0.15, 0.2) is 24.3 Å². The number of carboxylic acid groups (broad SMARTS) is 1. The Kier molecular flexibility index (Phi) is 5.79. The molecular formula is C13H18N2O5. The number of hydrogen-bond acceptors (Lipinski definition) is 4. The van der Waals surface area contributed by atoms with E-state index in [-0.39, 0.29) is 13.0 Å². The Bertz CT molecular complexity index is 478. The van der Waals surface area contributed by atoms with Gasteiger partial charge in [-0.2, -0.15) is 0 Å². The molecule has 0 aliphatic carbocycles.